The van der Waals surface area contributed by atoms with E-state index in [4.69, 9.17) is 0 Å². The Balaban J connectivity index is 1.51. The van der Waals surface area contributed by atoms with E-state index < -0.39 is 0 Å². The zero-order valence-corrected chi connectivity index (χ0v) is 13.9. The van der Waals surface area contributed by atoms with Crippen molar-refractivity contribution in [3.8, 4) is 0 Å². The number of carbonyl (C=O) groups is 2. The van der Waals surface area contributed by atoms with Gasteiger partial charge in [0.15, 0.2) is 0 Å². The van der Waals surface area contributed by atoms with Crippen LogP contribution in [0.3, 0.4) is 0 Å². The molecule has 0 bridgehead atoms. The number of para-hydroxylation sites is 1. The molecule has 1 atom stereocenters. The maximum atomic E-state index is 12.4. The molecule has 3 rings (SSSR count). The summed E-state index contributed by atoms with van der Waals surface area (Å²) in [6.07, 6.45) is 1.26. The lowest BCUT2D eigenvalue weighted by atomic mass is 9.98. The van der Waals surface area contributed by atoms with Crippen LogP contribution in [0.5, 0.6) is 0 Å². The second-order valence-corrected chi connectivity index (χ2v) is 6.22. The Morgan fingerprint density at radius 3 is 2.58 bits per heavy atom. The Hall–Kier alpha value is -2.62. The smallest absolute Gasteiger partial charge is 0.246 e. The lowest BCUT2D eigenvalue weighted by Gasteiger charge is -2.18. The second kappa shape index (κ2) is 7.30. The molecule has 4 heteroatoms. The second-order valence-electron chi connectivity index (χ2n) is 6.22. The van der Waals surface area contributed by atoms with Gasteiger partial charge in [0.1, 0.15) is 0 Å². The molecule has 24 heavy (non-hydrogen) atoms. The van der Waals surface area contributed by atoms with Gasteiger partial charge in [-0.15, -0.1) is 0 Å². The van der Waals surface area contributed by atoms with Gasteiger partial charge in [-0.1, -0.05) is 55.5 Å². The number of nitrogens with one attached hydrogen (secondary N) is 1. The summed E-state index contributed by atoms with van der Waals surface area (Å²) >= 11 is 0. The minimum atomic E-state index is -0.0906. The Morgan fingerprint density at radius 2 is 1.79 bits per heavy atom. The molecule has 2 aromatic carbocycles. The van der Waals surface area contributed by atoms with E-state index in [-0.39, 0.29) is 24.3 Å². The summed E-state index contributed by atoms with van der Waals surface area (Å²) in [5.41, 5.74) is 3.29. The number of hydrogen-bond donors (Lipinski definition) is 1. The zero-order chi connectivity index (χ0) is 16.9. The number of benzene rings is 2. The van der Waals surface area contributed by atoms with E-state index in [1.807, 2.05) is 61.5 Å². The predicted octanol–water partition coefficient (Wildman–Crippen LogP) is 2.89. The molecule has 1 aliphatic rings. The largest absolute Gasteiger partial charge is 0.347 e. The molecule has 0 saturated heterocycles. The first-order valence-corrected chi connectivity index (χ1v) is 8.35. The van der Waals surface area contributed by atoms with Crippen molar-refractivity contribution in [3.63, 3.8) is 0 Å². The number of rotatable bonds is 5. The van der Waals surface area contributed by atoms with Crippen LogP contribution >= 0.6 is 0 Å². The number of hydrogen-bond acceptors (Lipinski definition) is 2. The monoisotopic (exact) mass is 322 g/mol. The average molecular weight is 322 g/mol. The molecule has 1 unspecified atom stereocenters. The van der Waals surface area contributed by atoms with Crippen molar-refractivity contribution in [1.82, 2.24) is 5.32 Å². The molecule has 0 fully saturated rings. The molecular weight excluding hydrogens is 300 g/mol. The Bertz CT molecular complexity index is 727. The molecule has 4 nitrogen and oxygen atoms in total. The van der Waals surface area contributed by atoms with Crippen molar-refractivity contribution in [2.75, 3.05) is 18.0 Å². The standard InChI is InChI=1S/C20H22N2O2/c1-15(16-7-3-2-4-8-16)13-19(23)21-14-20(24)22-12-11-17-9-5-6-10-18(17)22/h2-10,15H,11-14H2,1H3,(H,21,23). The van der Waals surface area contributed by atoms with Crippen LogP contribution in [0, 0.1) is 0 Å². The van der Waals surface area contributed by atoms with E-state index in [0.717, 1.165) is 17.7 Å². The fraction of sp³-hybridized carbons (Fsp3) is 0.300. The maximum absolute atomic E-state index is 12.4. The number of amides is 2. The average Bonchev–Trinajstić information content (AvgIpc) is 3.04. The molecule has 2 amide bonds. The van der Waals surface area contributed by atoms with E-state index in [2.05, 4.69) is 5.32 Å². The molecule has 0 aliphatic carbocycles. The van der Waals surface area contributed by atoms with Gasteiger partial charge in [0.05, 0.1) is 6.54 Å². The minimum Gasteiger partial charge on any atom is -0.347 e. The van der Waals surface area contributed by atoms with Gasteiger partial charge in [-0.05, 0) is 29.5 Å². The fourth-order valence-electron chi connectivity index (χ4n) is 3.12. The maximum Gasteiger partial charge on any atom is 0.246 e. The topological polar surface area (TPSA) is 49.4 Å². The number of anilines is 1. The van der Waals surface area contributed by atoms with Gasteiger partial charge in [0, 0.05) is 18.7 Å². The Morgan fingerprint density at radius 1 is 1.08 bits per heavy atom. The predicted molar refractivity (Wildman–Crippen MR) is 95.0 cm³/mol. The highest BCUT2D eigenvalue weighted by Gasteiger charge is 2.24. The highest BCUT2D eigenvalue weighted by molar-refractivity contribution is 5.98. The lowest BCUT2D eigenvalue weighted by molar-refractivity contribution is -0.125. The van der Waals surface area contributed by atoms with Crippen molar-refractivity contribution in [2.24, 2.45) is 0 Å². The van der Waals surface area contributed by atoms with Crippen LogP contribution < -0.4 is 10.2 Å². The van der Waals surface area contributed by atoms with Gasteiger partial charge in [-0.3, -0.25) is 9.59 Å². The molecule has 0 aromatic heterocycles. The van der Waals surface area contributed by atoms with Crippen molar-refractivity contribution >= 4 is 17.5 Å². The van der Waals surface area contributed by atoms with Crippen LogP contribution in [-0.4, -0.2) is 24.9 Å². The van der Waals surface area contributed by atoms with E-state index in [9.17, 15) is 9.59 Å². The molecule has 0 radical (unpaired) electrons. The number of nitrogens with zero attached hydrogens (tertiary/aromatic N) is 1. The Kier molecular flexibility index (Phi) is 4.94. The highest BCUT2D eigenvalue weighted by Crippen LogP contribution is 2.27. The molecule has 124 valence electrons. The zero-order valence-electron chi connectivity index (χ0n) is 13.9. The van der Waals surface area contributed by atoms with Crippen LogP contribution in [-0.2, 0) is 16.0 Å². The third-order valence-electron chi connectivity index (χ3n) is 4.49. The Labute approximate surface area is 142 Å². The van der Waals surface area contributed by atoms with Gasteiger partial charge in [0.25, 0.3) is 0 Å². The summed E-state index contributed by atoms with van der Waals surface area (Å²) in [6, 6.07) is 17.9. The van der Waals surface area contributed by atoms with Crippen molar-refractivity contribution in [2.45, 2.75) is 25.7 Å². The third-order valence-corrected chi connectivity index (χ3v) is 4.49. The summed E-state index contributed by atoms with van der Waals surface area (Å²) in [4.78, 5) is 26.2. The van der Waals surface area contributed by atoms with Gasteiger partial charge in [-0.25, -0.2) is 0 Å². The molecule has 2 aromatic rings. The number of carbonyl (C=O) groups excluding carboxylic acids is 2. The van der Waals surface area contributed by atoms with Crippen molar-refractivity contribution in [3.05, 3.63) is 65.7 Å². The van der Waals surface area contributed by atoms with Crippen LogP contribution in [0.4, 0.5) is 5.69 Å². The molecule has 1 N–H and O–H groups in total. The van der Waals surface area contributed by atoms with Crippen LogP contribution in [0.15, 0.2) is 54.6 Å². The molecule has 0 spiro atoms. The van der Waals surface area contributed by atoms with E-state index in [0.29, 0.717) is 13.0 Å². The van der Waals surface area contributed by atoms with Crippen molar-refractivity contribution in [1.29, 1.82) is 0 Å². The number of fused-ring (bicyclic) bond motifs is 1. The van der Waals surface area contributed by atoms with Crippen LogP contribution in [0.1, 0.15) is 30.4 Å². The first-order valence-electron chi connectivity index (χ1n) is 8.35. The van der Waals surface area contributed by atoms with Crippen molar-refractivity contribution < 1.29 is 9.59 Å². The summed E-state index contributed by atoms with van der Waals surface area (Å²) in [6.45, 7) is 2.76. The van der Waals surface area contributed by atoms with Gasteiger partial charge < -0.3 is 10.2 Å². The normalized spacial score (nSPS) is 14.1. The first kappa shape index (κ1) is 16.2. The quantitative estimate of drug-likeness (QED) is 0.920. The highest BCUT2D eigenvalue weighted by atomic mass is 16.2. The van der Waals surface area contributed by atoms with Crippen LogP contribution in [0.2, 0.25) is 0 Å². The SMILES string of the molecule is CC(CC(=O)NCC(=O)N1CCc2ccccc21)c1ccccc1. The summed E-state index contributed by atoms with van der Waals surface area (Å²) in [5.74, 6) is -0.0123. The van der Waals surface area contributed by atoms with E-state index >= 15 is 0 Å². The molecule has 1 aliphatic heterocycles. The summed E-state index contributed by atoms with van der Waals surface area (Å²) in [5, 5.41) is 2.76. The van der Waals surface area contributed by atoms with Gasteiger partial charge in [0.2, 0.25) is 11.8 Å². The molecule has 0 saturated carbocycles. The summed E-state index contributed by atoms with van der Waals surface area (Å²) in [7, 11) is 0. The lowest BCUT2D eigenvalue weighted by Crippen LogP contribution is -2.39. The van der Waals surface area contributed by atoms with Gasteiger partial charge >= 0.3 is 0 Å². The van der Waals surface area contributed by atoms with Crippen LogP contribution in [0.25, 0.3) is 0 Å². The third kappa shape index (κ3) is 3.65. The van der Waals surface area contributed by atoms with E-state index in [1.54, 1.807) is 4.90 Å². The minimum absolute atomic E-state index is 0.0503. The fourth-order valence-corrected chi connectivity index (χ4v) is 3.12. The van der Waals surface area contributed by atoms with E-state index in [1.165, 1.54) is 5.56 Å². The summed E-state index contributed by atoms with van der Waals surface area (Å²) < 4.78 is 0. The molecule has 1 heterocycles. The molecular formula is C20H22N2O2. The first-order chi connectivity index (χ1) is 11.6. The van der Waals surface area contributed by atoms with Gasteiger partial charge in [-0.2, -0.15) is 0 Å².